The van der Waals surface area contributed by atoms with Crippen molar-refractivity contribution in [3.63, 3.8) is 0 Å². The topological polar surface area (TPSA) is 50.9 Å². The lowest BCUT2D eigenvalue weighted by atomic mass is 9.93. The van der Waals surface area contributed by atoms with Crippen LogP contribution in [0, 0.1) is 0 Å². The largest absolute Gasteiger partial charge is 0.391 e. The molecule has 1 N–H and O–H groups in total. The van der Waals surface area contributed by atoms with E-state index in [1.807, 2.05) is 24.3 Å². The molecule has 1 heterocycles. The van der Waals surface area contributed by atoms with E-state index in [9.17, 15) is 5.11 Å². The van der Waals surface area contributed by atoms with Crippen LogP contribution < -0.4 is 0 Å². The number of halogens is 1. The summed E-state index contributed by atoms with van der Waals surface area (Å²) in [5.41, 5.74) is 1.80. The van der Waals surface area contributed by atoms with Crippen LogP contribution in [-0.4, -0.2) is 26.2 Å². The molecule has 0 radical (unpaired) electrons. The van der Waals surface area contributed by atoms with Gasteiger partial charge in [0.2, 0.25) is 0 Å². The highest BCUT2D eigenvalue weighted by molar-refractivity contribution is 6.30. The summed E-state index contributed by atoms with van der Waals surface area (Å²) in [6, 6.07) is 7.54. The Morgan fingerprint density at radius 1 is 1.16 bits per heavy atom. The van der Waals surface area contributed by atoms with Gasteiger partial charge in [0.05, 0.1) is 18.3 Å². The number of aliphatic hydroxyl groups is 1. The molecule has 1 aromatic carbocycles. The number of benzene rings is 1. The quantitative estimate of drug-likeness (QED) is 0.918. The Morgan fingerprint density at radius 2 is 1.89 bits per heavy atom. The molecule has 0 unspecified atom stereocenters. The molecule has 100 valence electrons. The zero-order chi connectivity index (χ0) is 13.2. The summed E-state index contributed by atoms with van der Waals surface area (Å²) >= 11 is 5.87. The predicted molar refractivity (Wildman–Crippen MR) is 74.0 cm³/mol. The number of hydrogen-bond acceptors (Lipinski definition) is 3. The van der Waals surface area contributed by atoms with Gasteiger partial charge in [-0.15, -0.1) is 0 Å². The van der Waals surface area contributed by atoms with E-state index in [4.69, 9.17) is 11.6 Å². The highest BCUT2D eigenvalue weighted by atomic mass is 35.5. The maximum atomic E-state index is 10.0. The molecule has 0 amide bonds. The van der Waals surface area contributed by atoms with Crippen LogP contribution >= 0.6 is 11.6 Å². The third-order valence-corrected chi connectivity index (χ3v) is 3.89. The van der Waals surface area contributed by atoms with E-state index in [1.165, 1.54) is 0 Å². The molecule has 1 saturated carbocycles. The van der Waals surface area contributed by atoms with Crippen molar-refractivity contribution in [1.82, 2.24) is 15.0 Å². The molecule has 2 atom stereocenters. The summed E-state index contributed by atoms with van der Waals surface area (Å²) in [4.78, 5) is 1.66. The highest BCUT2D eigenvalue weighted by Gasteiger charge is 2.26. The monoisotopic (exact) mass is 277 g/mol. The molecule has 5 heteroatoms. The van der Waals surface area contributed by atoms with Crippen LogP contribution in [0.15, 0.2) is 30.5 Å². The fourth-order valence-corrected chi connectivity index (χ4v) is 2.68. The van der Waals surface area contributed by atoms with Crippen molar-refractivity contribution >= 4 is 11.6 Å². The molecule has 3 rings (SSSR count). The van der Waals surface area contributed by atoms with Crippen LogP contribution in [0.4, 0.5) is 0 Å². The molecule has 1 aliphatic carbocycles. The SMILES string of the molecule is O[C@H]1CCCC[C@@H]1n1ncc(-c2ccc(Cl)cc2)n1. The minimum absolute atomic E-state index is 0.00907. The zero-order valence-corrected chi connectivity index (χ0v) is 11.3. The first-order chi connectivity index (χ1) is 9.24. The fraction of sp³-hybridized carbons (Fsp3) is 0.429. The van der Waals surface area contributed by atoms with Crippen molar-refractivity contribution in [2.45, 2.75) is 37.8 Å². The van der Waals surface area contributed by atoms with E-state index in [0.29, 0.717) is 5.02 Å². The number of rotatable bonds is 2. The molecule has 4 nitrogen and oxygen atoms in total. The van der Waals surface area contributed by atoms with Gasteiger partial charge < -0.3 is 5.11 Å². The van der Waals surface area contributed by atoms with Crippen LogP contribution in [0.2, 0.25) is 5.02 Å². The fourth-order valence-electron chi connectivity index (χ4n) is 2.55. The van der Waals surface area contributed by atoms with Gasteiger partial charge in [0, 0.05) is 10.6 Å². The average molecular weight is 278 g/mol. The van der Waals surface area contributed by atoms with Crippen LogP contribution in [0.5, 0.6) is 0 Å². The predicted octanol–water partition coefficient (Wildman–Crippen LogP) is 3.07. The van der Waals surface area contributed by atoms with Gasteiger partial charge in [-0.2, -0.15) is 15.0 Å². The minimum atomic E-state index is -0.334. The Balaban J connectivity index is 1.84. The Hall–Kier alpha value is -1.39. The third-order valence-electron chi connectivity index (χ3n) is 3.64. The van der Waals surface area contributed by atoms with E-state index in [2.05, 4.69) is 10.2 Å². The van der Waals surface area contributed by atoms with Crippen molar-refractivity contribution in [2.24, 2.45) is 0 Å². The summed E-state index contributed by atoms with van der Waals surface area (Å²) in [5, 5.41) is 19.5. The Labute approximate surface area is 117 Å². The molecule has 1 aromatic heterocycles. The summed E-state index contributed by atoms with van der Waals surface area (Å²) in [6.45, 7) is 0. The number of nitrogens with zero attached hydrogens (tertiary/aromatic N) is 3. The summed E-state index contributed by atoms with van der Waals surface area (Å²) in [5.74, 6) is 0. The third kappa shape index (κ3) is 2.65. The molecule has 1 fully saturated rings. The first-order valence-electron chi connectivity index (χ1n) is 6.60. The summed E-state index contributed by atoms with van der Waals surface area (Å²) in [7, 11) is 0. The second-order valence-corrected chi connectivity index (χ2v) is 5.41. The van der Waals surface area contributed by atoms with E-state index >= 15 is 0 Å². The maximum absolute atomic E-state index is 10.0. The van der Waals surface area contributed by atoms with Crippen molar-refractivity contribution in [3.8, 4) is 11.3 Å². The molecule has 1 aliphatic rings. The highest BCUT2D eigenvalue weighted by Crippen LogP contribution is 2.28. The van der Waals surface area contributed by atoms with Crippen LogP contribution in [-0.2, 0) is 0 Å². The molecule has 2 aromatic rings. The van der Waals surface area contributed by atoms with Crippen LogP contribution in [0.3, 0.4) is 0 Å². The van der Waals surface area contributed by atoms with E-state index in [-0.39, 0.29) is 12.1 Å². The number of aliphatic hydroxyl groups excluding tert-OH is 1. The Kier molecular flexibility index (Phi) is 3.53. The van der Waals surface area contributed by atoms with Crippen molar-refractivity contribution in [3.05, 3.63) is 35.5 Å². The van der Waals surface area contributed by atoms with Crippen LogP contribution in [0.25, 0.3) is 11.3 Å². The normalized spacial score (nSPS) is 23.5. The molecule has 0 saturated heterocycles. The van der Waals surface area contributed by atoms with E-state index in [0.717, 1.165) is 36.9 Å². The van der Waals surface area contributed by atoms with E-state index < -0.39 is 0 Å². The van der Waals surface area contributed by atoms with Gasteiger partial charge in [-0.05, 0) is 25.0 Å². The first kappa shape index (κ1) is 12.6. The number of hydrogen-bond donors (Lipinski definition) is 1. The Bertz CT molecular complexity index is 552. The zero-order valence-electron chi connectivity index (χ0n) is 10.5. The summed E-state index contributed by atoms with van der Waals surface area (Å²) < 4.78 is 0. The summed E-state index contributed by atoms with van der Waals surface area (Å²) in [6.07, 6.45) is 5.39. The molecule has 0 spiro atoms. The lowest BCUT2D eigenvalue weighted by Crippen LogP contribution is -2.29. The second kappa shape index (κ2) is 5.31. The van der Waals surface area contributed by atoms with Crippen molar-refractivity contribution < 1.29 is 5.11 Å². The van der Waals surface area contributed by atoms with Gasteiger partial charge in [-0.25, -0.2) is 0 Å². The molecule has 0 bridgehead atoms. The average Bonchev–Trinajstić information content (AvgIpc) is 2.89. The Morgan fingerprint density at radius 3 is 2.63 bits per heavy atom. The van der Waals surface area contributed by atoms with Crippen LogP contribution in [0.1, 0.15) is 31.7 Å². The standard InChI is InChI=1S/C14H16ClN3O/c15-11-7-5-10(6-8-11)12-9-16-18(17-12)13-3-1-2-4-14(13)19/h5-9,13-14,19H,1-4H2/t13-,14-/m0/s1. The van der Waals surface area contributed by atoms with E-state index in [1.54, 1.807) is 11.0 Å². The molecule has 0 aliphatic heterocycles. The van der Waals surface area contributed by atoms with Crippen molar-refractivity contribution in [2.75, 3.05) is 0 Å². The lowest BCUT2D eigenvalue weighted by Gasteiger charge is -2.26. The smallest absolute Gasteiger partial charge is 0.113 e. The van der Waals surface area contributed by atoms with Gasteiger partial charge in [-0.1, -0.05) is 36.6 Å². The first-order valence-corrected chi connectivity index (χ1v) is 6.98. The van der Waals surface area contributed by atoms with Gasteiger partial charge in [0.25, 0.3) is 0 Å². The second-order valence-electron chi connectivity index (χ2n) is 4.98. The van der Waals surface area contributed by atoms with Gasteiger partial charge in [0.15, 0.2) is 0 Å². The van der Waals surface area contributed by atoms with Gasteiger partial charge in [-0.3, -0.25) is 0 Å². The van der Waals surface area contributed by atoms with Crippen molar-refractivity contribution in [1.29, 1.82) is 0 Å². The molecular weight excluding hydrogens is 262 g/mol. The maximum Gasteiger partial charge on any atom is 0.113 e. The molecular formula is C14H16ClN3O. The minimum Gasteiger partial charge on any atom is -0.391 e. The number of aromatic nitrogens is 3. The lowest BCUT2D eigenvalue weighted by molar-refractivity contribution is 0.0623. The van der Waals surface area contributed by atoms with Gasteiger partial charge in [0.1, 0.15) is 5.69 Å². The van der Waals surface area contributed by atoms with Gasteiger partial charge >= 0.3 is 0 Å². The molecule has 19 heavy (non-hydrogen) atoms.